The van der Waals surface area contributed by atoms with Crippen LogP contribution in [0.4, 0.5) is 0 Å². The van der Waals surface area contributed by atoms with E-state index in [9.17, 15) is 4.79 Å². The van der Waals surface area contributed by atoms with E-state index in [1.807, 2.05) is 11.4 Å². The smallest absolute Gasteiger partial charge is 0.164 e. The largest absolute Gasteiger partial charge is 0.294 e. The van der Waals surface area contributed by atoms with Gasteiger partial charge in [0, 0.05) is 17.4 Å². The second kappa shape index (κ2) is 5.66. The quantitative estimate of drug-likeness (QED) is 0.722. The number of Topliss-reactive ketones (excluding diaryl/α,β-unsaturated/α-hetero) is 1. The van der Waals surface area contributed by atoms with Crippen LogP contribution in [-0.4, -0.2) is 5.78 Å². The van der Waals surface area contributed by atoms with Crippen molar-refractivity contribution in [1.82, 2.24) is 0 Å². The van der Waals surface area contributed by atoms with Crippen LogP contribution in [0.25, 0.3) is 0 Å². The van der Waals surface area contributed by atoms with E-state index < -0.39 is 0 Å². The maximum Gasteiger partial charge on any atom is 0.164 e. The van der Waals surface area contributed by atoms with Gasteiger partial charge in [-0.25, -0.2) is 0 Å². The van der Waals surface area contributed by atoms with Crippen molar-refractivity contribution in [3.05, 3.63) is 20.8 Å². The van der Waals surface area contributed by atoms with Crippen LogP contribution in [0.15, 0.2) is 15.2 Å². The van der Waals surface area contributed by atoms with Crippen molar-refractivity contribution in [3.63, 3.8) is 0 Å². The molecule has 0 aliphatic rings. The molecule has 1 atom stereocenters. The normalized spacial score (nSPS) is 12.8. The molecule has 1 heterocycles. The fraction of sp³-hybridized carbons (Fsp3) is 0.545. The molecule has 1 aromatic heterocycles. The molecule has 14 heavy (non-hydrogen) atoms. The van der Waals surface area contributed by atoms with E-state index in [0.29, 0.717) is 12.3 Å². The maximum absolute atomic E-state index is 11.7. The van der Waals surface area contributed by atoms with Gasteiger partial charge in [0.15, 0.2) is 5.78 Å². The fourth-order valence-electron chi connectivity index (χ4n) is 1.49. The third-order valence-electron chi connectivity index (χ3n) is 2.20. The summed E-state index contributed by atoms with van der Waals surface area (Å²) >= 11 is 4.93. The molecule has 0 saturated heterocycles. The summed E-state index contributed by atoms with van der Waals surface area (Å²) in [6.45, 7) is 4.30. The Balaban J connectivity index is 2.50. The third kappa shape index (κ3) is 3.54. The number of hydrogen-bond donors (Lipinski definition) is 0. The van der Waals surface area contributed by atoms with E-state index in [1.165, 1.54) is 0 Å². The zero-order valence-electron chi connectivity index (χ0n) is 8.55. The highest BCUT2D eigenvalue weighted by molar-refractivity contribution is 9.11. The van der Waals surface area contributed by atoms with Gasteiger partial charge in [-0.1, -0.05) is 26.7 Å². The van der Waals surface area contributed by atoms with Crippen LogP contribution in [0, 0.1) is 5.92 Å². The first kappa shape index (κ1) is 11.9. The molecule has 1 unspecified atom stereocenters. The maximum atomic E-state index is 11.7. The van der Waals surface area contributed by atoms with Gasteiger partial charge < -0.3 is 0 Å². The minimum atomic E-state index is 0.271. The van der Waals surface area contributed by atoms with Crippen molar-refractivity contribution in [2.75, 3.05) is 0 Å². The first-order valence-corrected chi connectivity index (χ1v) is 6.58. The fourth-order valence-corrected chi connectivity index (χ4v) is 2.65. The zero-order valence-corrected chi connectivity index (χ0v) is 11.0. The lowest BCUT2D eigenvalue weighted by Gasteiger charge is -2.07. The third-order valence-corrected chi connectivity index (χ3v) is 3.71. The molecule has 1 aromatic rings. The van der Waals surface area contributed by atoms with Crippen molar-refractivity contribution in [1.29, 1.82) is 0 Å². The number of thiophene rings is 1. The molecule has 0 aromatic carbocycles. The van der Waals surface area contributed by atoms with Gasteiger partial charge in [0.1, 0.15) is 0 Å². The van der Waals surface area contributed by atoms with Gasteiger partial charge in [0.2, 0.25) is 0 Å². The first-order valence-electron chi connectivity index (χ1n) is 4.90. The summed E-state index contributed by atoms with van der Waals surface area (Å²) in [5.41, 5.74) is 0.852. The highest BCUT2D eigenvalue weighted by Crippen LogP contribution is 2.23. The van der Waals surface area contributed by atoms with Gasteiger partial charge >= 0.3 is 0 Å². The van der Waals surface area contributed by atoms with Crippen LogP contribution in [0.2, 0.25) is 0 Å². The van der Waals surface area contributed by atoms with Crippen LogP contribution in [-0.2, 0) is 0 Å². The molecule has 0 aliphatic heterocycles. The predicted molar refractivity (Wildman–Crippen MR) is 65.0 cm³/mol. The molecule has 0 saturated carbocycles. The van der Waals surface area contributed by atoms with Gasteiger partial charge in [-0.3, -0.25) is 4.79 Å². The first-order chi connectivity index (χ1) is 6.63. The Bertz CT molecular complexity index is 306. The van der Waals surface area contributed by atoms with Gasteiger partial charge in [0.25, 0.3) is 0 Å². The van der Waals surface area contributed by atoms with Gasteiger partial charge in [-0.05, 0) is 27.9 Å². The molecular formula is C11H15BrOS. The Hall–Kier alpha value is -0.150. The highest BCUT2D eigenvalue weighted by Gasteiger charge is 2.11. The lowest BCUT2D eigenvalue weighted by atomic mass is 9.97. The molecular weight excluding hydrogens is 260 g/mol. The number of hydrogen-bond acceptors (Lipinski definition) is 2. The summed E-state index contributed by atoms with van der Waals surface area (Å²) in [7, 11) is 0. The number of carbonyl (C=O) groups excluding carboxylic acids is 1. The van der Waals surface area contributed by atoms with Gasteiger partial charge in [-0.2, -0.15) is 0 Å². The van der Waals surface area contributed by atoms with Crippen LogP contribution >= 0.6 is 27.3 Å². The van der Waals surface area contributed by atoms with Crippen molar-refractivity contribution in [2.24, 2.45) is 5.92 Å². The van der Waals surface area contributed by atoms with Crippen molar-refractivity contribution in [3.8, 4) is 0 Å². The predicted octanol–water partition coefficient (Wildman–Crippen LogP) is 4.52. The van der Waals surface area contributed by atoms with Crippen LogP contribution in [0.3, 0.4) is 0 Å². The average Bonchev–Trinajstić information content (AvgIpc) is 2.52. The molecule has 1 rings (SSSR count). The Kier molecular flexibility index (Phi) is 4.82. The van der Waals surface area contributed by atoms with Crippen LogP contribution in [0.5, 0.6) is 0 Å². The summed E-state index contributed by atoms with van der Waals surface area (Å²) in [6.07, 6.45) is 2.97. The van der Waals surface area contributed by atoms with E-state index in [4.69, 9.17) is 0 Å². The molecule has 0 fully saturated rings. The van der Waals surface area contributed by atoms with E-state index >= 15 is 0 Å². The summed E-state index contributed by atoms with van der Waals surface area (Å²) < 4.78 is 1.03. The van der Waals surface area contributed by atoms with E-state index in [1.54, 1.807) is 11.3 Å². The second-order valence-electron chi connectivity index (χ2n) is 3.66. The lowest BCUT2D eigenvalue weighted by Crippen LogP contribution is -2.04. The van der Waals surface area contributed by atoms with Gasteiger partial charge in [-0.15, -0.1) is 11.3 Å². The summed E-state index contributed by atoms with van der Waals surface area (Å²) in [4.78, 5) is 11.7. The molecule has 3 heteroatoms. The zero-order chi connectivity index (χ0) is 10.6. The molecule has 0 bridgehead atoms. The van der Waals surface area contributed by atoms with Crippen LogP contribution < -0.4 is 0 Å². The standard InChI is InChI=1S/C11H15BrOS/c1-3-4-8(2)5-10(13)9-6-11(12)14-7-9/h6-8H,3-5H2,1-2H3. The van der Waals surface area contributed by atoms with Gasteiger partial charge in [0.05, 0.1) is 3.79 Å². The van der Waals surface area contributed by atoms with E-state index in [0.717, 1.165) is 22.2 Å². The molecule has 0 spiro atoms. The molecule has 0 radical (unpaired) electrons. The lowest BCUT2D eigenvalue weighted by molar-refractivity contribution is 0.0963. The van der Waals surface area contributed by atoms with Crippen molar-refractivity contribution in [2.45, 2.75) is 33.1 Å². The van der Waals surface area contributed by atoms with E-state index in [-0.39, 0.29) is 5.78 Å². The summed E-state index contributed by atoms with van der Waals surface area (Å²) in [6, 6.07) is 1.91. The Morgan fingerprint density at radius 2 is 2.36 bits per heavy atom. The minimum Gasteiger partial charge on any atom is -0.294 e. The molecule has 78 valence electrons. The van der Waals surface area contributed by atoms with Crippen molar-refractivity contribution >= 4 is 33.0 Å². The Morgan fingerprint density at radius 3 is 2.86 bits per heavy atom. The second-order valence-corrected chi connectivity index (χ2v) is 5.95. The molecule has 0 N–H and O–H groups in total. The molecule has 0 aliphatic carbocycles. The van der Waals surface area contributed by atoms with E-state index in [2.05, 4.69) is 29.8 Å². The topological polar surface area (TPSA) is 17.1 Å². The minimum absolute atomic E-state index is 0.271. The van der Waals surface area contributed by atoms with Crippen molar-refractivity contribution < 1.29 is 4.79 Å². The highest BCUT2D eigenvalue weighted by atomic mass is 79.9. The monoisotopic (exact) mass is 274 g/mol. The number of halogens is 1. The number of ketones is 1. The summed E-state index contributed by atoms with van der Waals surface area (Å²) in [5, 5.41) is 1.92. The van der Waals surface area contributed by atoms with Crippen LogP contribution in [0.1, 0.15) is 43.5 Å². The Labute approximate surface area is 97.7 Å². The Morgan fingerprint density at radius 1 is 1.64 bits per heavy atom. The summed E-state index contributed by atoms with van der Waals surface area (Å²) in [5.74, 6) is 0.777. The molecule has 1 nitrogen and oxygen atoms in total. The molecule has 0 amide bonds. The average molecular weight is 275 g/mol. The SMILES string of the molecule is CCCC(C)CC(=O)c1csc(Br)c1. The number of rotatable bonds is 5. The number of carbonyl (C=O) groups is 1.